The largest absolute Gasteiger partial charge is 0.472 e. The first-order chi connectivity index (χ1) is 31.0. The Kier molecular flexibility index (Phi) is 43.8. The molecular weight excluding hydrogens is 822 g/mol. The molecular formula is C54H97NO8P+. The van der Waals surface area contributed by atoms with E-state index in [9.17, 15) is 19.0 Å². The average molecular weight is 919 g/mol. The zero-order valence-electron chi connectivity index (χ0n) is 41.7. The van der Waals surface area contributed by atoms with Crippen LogP contribution >= 0.6 is 7.82 Å². The second-order valence-electron chi connectivity index (χ2n) is 18.2. The molecule has 0 rings (SSSR count). The van der Waals surface area contributed by atoms with Gasteiger partial charge in [0.25, 0.3) is 0 Å². The van der Waals surface area contributed by atoms with Gasteiger partial charge in [-0.05, 0) is 83.5 Å². The van der Waals surface area contributed by atoms with E-state index < -0.39 is 26.5 Å². The molecule has 0 aromatic heterocycles. The van der Waals surface area contributed by atoms with Gasteiger partial charge < -0.3 is 18.9 Å². The number of allylic oxidation sites excluding steroid dienone is 12. The van der Waals surface area contributed by atoms with Crippen LogP contribution in [0.5, 0.6) is 0 Å². The van der Waals surface area contributed by atoms with Crippen molar-refractivity contribution in [2.75, 3.05) is 47.5 Å². The number of esters is 2. The number of carbonyl (C=O) groups excluding carboxylic acids is 2. The highest BCUT2D eigenvalue weighted by atomic mass is 31.2. The van der Waals surface area contributed by atoms with Crippen molar-refractivity contribution in [2.24, 2.45) is 0 Å². The fourth-order valence-corrected chi connectivity index (χ4v) is 7.48. The summed E-state index contributed by atoms with van der Waals surface area (Å²) in [5, 5.41) is 0. The fourth-order valence-electron chi connectivity index (χ4n) is 6.74. The monoisotopic (exact) mass is 919 g/mol. The Morgan fingerprint density at radius 2 is 0.891 bits per heavy atom. The average Bonchev–Trinajstić information content (AvgIpc) is 3.25. The van der Waals surface area contributed by atoms with Crippen molar-refractivity contribution in [1.29, 1.82) is 0 Å². The van der Waals surface area contributed by atoms with E-state index in [2.05, 4.69) is 86.8 Å². The number of phosphoric ester groups is 1. The molecule has 0 fully saturated rings. The highest BCUT2D eigenvalue weighted by molar-refractivity contribution is 7.47. The van der Waals surface area contributed by atoms with Crippen molar-refractivity contribution >= 4 is 19.8 Å². The maximum atomic E-state index is 12.8. The zero-order chi connectivity index (χ0) is 47.1. The lowest BCUT2D eigenvalue weighted by Gasteiger charge is -2.24. The summed E-state index contributed by atoms with van der Waals surface area (Å²) in [7, 11) is 1.46. The summed E-state index contributed by atoms with van der Waals surface area (Å²) in [6.07, 6.45) is 58.0. The number of quaternary nitrogens is 1. The minimum absolute atomic E-state index is 0.0265. The van der Waals surface area contributed by atoms with Crippen LogP contribution in [0.4, 0.5) is 0 Å². The van der Waals surface area contributed by atoms with E-state index in [0.29, 0.717) is 17.4 Å². The molecule has 0 aromatic carbocycles. The van der Waals surface area contributed by atoms with Crippen LogP contribution in [0.25, 0.3) is 0 Å². The van der Waals surface area contributed by atoms with Crippen LogP contribution in [0.3, 0.4) is 0 Å². The van der Waals surface area contributed by atoms with E-state index in [-0.39, 0.29) is 32.0 Å². The molecule has 370 valence electrons. The molecule has 0 aliphatic heterocycles. The second kappa shape index (κ2) is 45.6. The molecule has 2 unspecified atom stereocenters. The van der Waals surface area contributed by atoms with E-state index in [1.165, 1.54) is 83.5 Å². The summed E-state index contributed by atoms with van der Waals surface area (Å²) in [6, 6.07) is 0. The van der Waals surface area contributed by atoms with Gasteiger partial charge in [-0.15, -0.1) is 0 Å². The highest BCUT2D eigenvalue weighted by Crippen LogP contribution is 2.43. The molecule has 0 spiro atoms. The van der Waals surface area contributed by atoms with Crippen molar-refractivity contribution in [3.63, 3.8) is 0 Å². The Hall–Kier alpha value is -2.55. The molecule has 64 heavy (non-hydrogen) atoms. The van der Waals surface area contributed by atoms with Gasteiger partial charge in [0, 0.05) is 12.8 Å². The van der Waals surface area contributed by atoms with Crippen molar-refractivity contribution in [3.05, 3.63) is 72.9 Å². The van der Waals surface area contributed by atoms with Crippen LogP contribution in [0.15, 0.2) is 72.9 Å². The first-order valence-corrected chi connectivity index (χ1v) is 27.2. The number of rotatable bonds is 46. The molecule has 0 radical (unpaired) electrons. The molecule has 0 saturated carbocycles. The SMILES string of the molecule is CC/C=C\C/C=C\C/C=C\C/C=C\CCCCCCCCCCCCC(=O)OC(COC(=O)CCCCCCCCC/C=C\C/C=C\CCCCC)COP(=O)(O)OCC[N+](C)(C)C. The van der Waals surface area contributed by atoms with Gasteiger partial charge in [0.05, 0.1) is 27.7 Å². The summed E-state index contributed by atoms with van der Waals surface area (Å²) >= 11 is 0. The summed E-state index contributed by atoms with van der Waals surface area (Å²) in [5.74, 6) is -0.813. The van der Waals surface area contributed by atoms with Crippen LogP contribution in [0.2, 0.25) is 0 Å². The number of phosphoric acid groups is 1. The van der Waals surface area contributed by atoms with Crippen LogP contribution in [0.1, 0.15) is 206 Å². The van der Waals surface area contributed by atoms with E-state index in [1.54, 1.807) is 0 Å². The van der Waals surface area contributed by atoms with E-state index in [4.69, 9.17) is 18.5 Å². The maximum absolute atomic E-state index is 12.8. The third-order valence-corrected chi connectivity index (χ3v) is 11.7. The fraction of sp³-hybridized carbons (Fsp3) is 0.741. The normalized spacial score (nSPS) is 14.0. The van der Waals surface area contributed by atoms with Gasteiger partial charge in [0.2, 0.25) is 0 Å². The molecule has 0 aromatic rings. The van der Waals surface area contributed by atoms with Crippen LogP contribution in [-0.2, 0) is 32.7 Å². The van der Waals surface area contributed by atoms with Gasteiger partial charge in [0.1, 0.15) is 19.8 Å². The minimum Gasteiger partial charge on any atom is -0.462 e. The third kappa shape index (κ3) is 48.9. The topological polar surface area (TPSA) is 108 Å². The van der Waals surface area contributed by atoms with Crippen molar-refractivity contribution in [3.8, 4) is 0 Å². The maximum Gasteiger partial charge on any atom is 0.472 e. The Labute approximate surface area is 393 Å². The lowest BCUT2D eigenvalue weighted by molar-refractivity contribution is -0.870. The van der Waals surface area contributed by atoms with Gasteiger partial charge in [-0.3, -0.25) is 18.6 Å². The lowest BCUT2D eigenvalue weighted by atomic mass is 10.0. The molecule has 0 amide bonds. The molecule has 0 aliphatic carbocycles. The summed E-state index contributed by atoms with van der Waals surface area (Å²) < 4.78 is 34.5. The molecule has 0 heterocycles. The summed E-state index contributed by atoms with van der Waals surface area (Å²) in [6.45, 7) is 4.28. The Morgan fingerprint density at radius 1 is 0.500 bits per heavy atom. The standard InChI is InChI=1S/C54H96NO8P/c1-6-8-10-12-14-16-18-20-22-24-25-26-27-28-29-31-33-35-37-39-41-43-45-47-54(57)63-52(51-62-64(58,59)61-49-48-55(3,4)5)50-60-53(56)46-44-42-40-38-36-34-32-30-23-21-19-17-15-13-11-9-7-2/h8,10,14-17,20-23,25-26,52H,6-7,9,11-13,18-19,24,27-51H2,1-5H3/p+1/b10-8-,16-14-,17-15-,22-20-,23-21-,26-25-. The van der Waals surface area contributed by atoms with Gasteiger partial charge in [-0.25, -0.2) is 4.57 Å². The van der Waals surface area contributed by atoms with Crippen LogP contribution in [-0.4, -0.2) is 74.9 Å². The molecule has 0 saturated heterocycles. The van der Waals surface area contributed by atoms with Gasteiger partial charge >= 0.3 is 19.8 Å². The van der Waals surface area contributed by atoms with E-state index in [1.807, 2.05) is 21.1 Å². The molecule has 10 heteroatoms. The number of likely N-dealkylation sites (N-methyl/N-ethyl adjacent to an activating group) is 1. The summed E-state index contributed by atoms with van der Waals surface area (Å²) in [4.78, 5) is 35.6. The predicted octanol–water partition coefficient (Wildman–Crippen LogP) is 15.4. The van der Waals surface area contributed by atoms with Gasteiger partial charge in [-0.2, -0.15) is 0 Å². The smallest absolute Gasteiger partial charge is 0.462 e. The molecule has 1 N–H and O–H groups in total. The van der Waals surface area contributed by atoms with E-state index in [0.717, 1.165) is 89.9 Å². The van der Waals surface area contributed by atoms with Crippen molar-refractivity contribution < 1.29 is 42.1 Å². The highest BCUT2D eigenvalue weighted by Gasteiger charge is 2.27. The Bertz CT molecular complexity index is 1310. The quantitative estimate of drug-likeness (QED) is 0.0211. The first-order valence-electron chi connectivity index (χ1n) is 25.7. The Morgan fingerprint density at radius 3 is 1.33 bits per heavy atom. The minimum atomic E-state index is -4.39. The third-order valence-electron chi connectivity index (χ3n) is 10.7. The number of ether oxygens (including phenoxy) is 2. The number of hydrogen-bond donors (Lipinski definition) is 1. The van der Waals surface area contributed by atoms with E-state index >= 15 is 0 Å². The van der Waals surface area contributed by atoms with Crippen molar-refractivity contribution in [1.82, 2.24) is 0 Å². The number of carbonyl (C=O) groups is 2. The number of unbranched alkanes of at least 4 members (excludes halogenated alkanes) is 20. The molecule has 9 nitrogen and oxygen atoms in total. The van der Waals surface area contributed by atoms with Crippen LogP contribution < -0.4 is 0 Å². The number of hydrogen-bond acceptors (Lipinski definition) is 7. The molecule has 0 bridgehead atoms. The van der Waals surface area contributed by atoms with Gasteiger partial charge in [-0.1, -0.05) is 183 Å². The summed E-state index contributed by atoms with van der Waals surface area (Å²) in [5.41, 5.74) is 0. The second-order valence-corrected chi connectivity index (χ2v) is 19.6. The van der Waals surface area contributed by atoms with Crippen LogP contribution in [0, 0.1) is 0 Å². The lowest BCUT2D eigenvalue weighted by Crippen LogP contribution is -2.37. The van der Waals surface area contributed by atoms with Gasteiger partial charge in [0.15, 0.2) is 6.10 Å². The molecule has 0 aliphatic rings. The Balaban J connectivity index is 4.27. The predicted molar refractivity (Wildman–Crippen MR) is 270 cm³/mol. The number of nitrogens with zero attached hydrogens (tertiary/aromatic N) is 1. The molecule has 2 atom stereocenters. The van der Waals surface area contributed by atoms with Crippen molar-refractivity contribution in [2.45, 2.75) is 213 Å². The zero-order valence-corrected chi connectivity index (χ0v) is 42.6. The first kappa shape index (κ1) is 61.5.